The lowest BCUT2D eigenvalue weighted by Gasteiger charge is -2.02. The zero-order chi connectivity index (χ0) is 12.0. The van der Waals surface area contributed by atoms with Crippen LogP contribution >= 0.6 is 11.8 Å². The quantitative estimate of drug-likeness (QED) is 0.631. The summed E-state index contributed by atoms with van der Waals surface area (Å²) in [5.41, 5.74) is 2.47. The topological polar surface area (TPSA) is 54.4 Å². The normalized spacial score (nSPS) is 11.6. The molecule has 0 saturated heterocycles. The summed E-state index contributed by atoms with van der Waals surface area (Å²) >= 11 is 1.68. The van der Waals surface area contributed by atoms with Crippen LogP contribution in [0.1, 0.15) is 17.5 Å². The van der Waals surface area contributed by atoms with Crippen molar-refractivity contribution < 1.29 is 13.0 Å². The third kappa shape index (κ3) is 6.15. The zero-order valence-corrected chi connectivity index (χ0v) is 10.9. The summed E-state index contributed by atoms with van der Waals surface area (Å²) in [5.74, 6) is 1.48. The van der Waals surface area contributed by atoms with Crippen LogP contribution in [0.25, 0.3) is 0 Å². The van der Waals surface area contributed by atoms with Gasteiger partial charge >= 0.3 is 0 Å². The van der Waals surface area contributed by atoms with Gasteiger partial charge in [0.1, 0.15) is 0 Å². The van der Waals surface area contributed by atoms with Crippen LogP contribution in [0.15, 0.2) is 24.3 Å². The predicted octanol–water partition coefficient (Wildman–Crippen LogP) is 2.51. The maximum Gasteiger partial charge on any atom is 0.264 e. The van der Waals surface area contributed by atoms with Crippen molar-refractivity contribution in [2.75, 3.05) is 11.5 Å². The Labute approximate surface area is 101 Å². The van der Waals surface area contributed by atoms with Crippen molar-refractivity contribution in [1.82, 2.24) is 0 Å². The van der Waals surface area contributed by atoms with Crippen LogP contribution in [0.3, 0.4) is 0 Å². The second-order valence-electron chi connectivity index (χ2n) is 3.68. The molecule has 90 valence electrons. The predicted molar refractivity (Wildman–Crippen MR) is 68.4 cm³/mol. The Morgan fingerprint density at radius 1 is 1.25 bits per heavy atom. The van der Waals surface area contributed by atoms with Crippen LogP contribution in [-0.2, 0) is 15.9 Å². The smallest absolute Gasteiger partial charge is 0.264 e. The van der Waals surface area contributed by atoms with Crippen LogP contribution in [-0.4, -0.2) is 24.5 Å². The molecule has 1 N–H and O–H groups in total. The average Bonchev–Trinajstić information content (AvgIpc) is 2.19. The maximum atomic E-state index is 10.4. The van der Waals surface area contributed by atoms with Gasteiger partial charge in [-0.15, -0.1) is 0 Å². The minimum absolute atomic E-state index is 0.145. The van der Waals surface area contributed by atoms with Crippen molar-refractivity contribution >= 4 is 21.9 Å². The van der Waals surface area contributed by atoms with Crippen molar-refractivity contribution in [3.05, 3.63) is 35.4 Å². The number of rotatable bonds is 6. The first kappa shape index (κ1) is 13.5. The molecule has 0 fully saturated rings. The molecule has 0 bridgehead atoms. The molecule has 16 heavy (non-hydrogen) atoms. The Hall–Kier alpha value is -0.520. The van der Waals surface area contributed by atoms with Gasteiger partial charge in [0, 0.05) is 5.75 Å². The van der Waals surface area contributed by atoms with Crippen molar-refractivity contribution in [2.45, 2.75) is 19.1 Å². The molecule has 1 aromatic rings. The molecular formula is C11H16O3S2. The molecule has 0 aliphatic heterocycles. The number of aryl methyl sites for hydroxylation is 1. The van der Waals surface area contributed by atoms with Gasteiger partial charge in [-0.2, -0.15) is 20.2 Å². The highest BCUT2D eigenvalue weighted by Crippen LogP contribution is 2.13. The molecule has 0 unspecified atom stereocenters. The fraction of sp³-hybridized carbons (Fsp3) is 0.455. The minimum atomic E-state index is -3.79. The first-order valence-electron chi connectivity index (χ1n) is 5.06. The summed E-state index contributed by atoms with van der Waals surface area (Å²) in [6.07, 6.45) is 0.495. The zero-order valence-electron chi connectivity index (χ0n) is 9.22. The van der Waals surface area contributed by atoms with E-state index in [2.05, 4.69) is 24.3 Å². The van der Waals surface area contributed by atoms with Crippen molar-refractivity contribution in [2.24, 2.45) is 0 Å². The van der Waals surface area contributed by atoms with E-state index >= 15 is 0 Å². The third-order valence-electron chi connectivity index (χ3n) is 2.08. The monoisotopic (exact) mass is 260 g/mol. The van der Waals surface area contributed by atoms with E-state index in [-0.39, 0.29) is 5.75 Å². The second-order valence-corrected chi connectivity index (χ2v) is 6.36. The summed E-state index contributed by atoms with van der Waals surface area (Å²) in [6, 6.07) is 8.28. The van der Waals surface area contributed by atoms with Gasteiger partial charge in [0.25, 0.3) is 10.1 Å². The lowest BCUT2D eigenvalue weighted by Crippen LogP contribution is -2.04. The molecule has 3 nitrogen and oxygen atoms in total. The van der Waals surface area contributed by atoms with Gasteiger partial charge in [-0.1, -0.05) is 29.8 Å². The van der Waals surface area contributed by atoms with Gasteiger partial charge in [0.15, 0.2) is 0 Å². The largest absolute Gasteiger partial charge is 0.286 e. The van der Waals surface area contributed by atoms with E-state index in [1.165, 1.54) is 11.1 Å². The number of hydrogen-bond acceptors (Lipinski definition) is 3. The highest BCUT2D eigenvalue weighted by molar-refractivity contribution is 7.98. The maximum absolute atomic E-state index is 10.4. The summed E-state index contributed by atoms with van der Waals surface area (Å²) in [6.45, 7) is 2.04. The molecule has 0 saturated carbocycles. The summed E-state index contributed by atoms with van der Waals surface area (Å²) in [4.78, 5) is 0. The van der Waals surface area contributed by atoms with Crippen molar-refractivity contribution in [1.29, 1.82) is 0 Å². The van der Waals surface area contributed by atoms with Crippen molar-refractivity contribution in [3.8, 4) is 0 Å². The molecule has 0 atom stereocenters. The van der Waals surface area contributed by atoms with Crippen LogP contribution < -0.4 is 0 Å². The van der Waals surface area contributed by atoms with Crippen molar-refractivity contribution in [3.63, 3.8) is 0 Å². The molecule has 0 amide bonds. The summed E-state index contributed by atoms with van der Waals surface area (Å²) in [7, 11) is -3.79. The Kier molecular flexibility index (Phi) is 5.31. The van der Waals surface area contributed by atoms with Gasteiger partial charge in [0.05, 0.1) is 5.75 Å². The molecule has 0 heterocycles. The van der Waals surface area contributed by atoms with E-state index in [1.54, 1.807) is 11.8 Å². The van der Waals surface area contributed by atoms with Gasteiger partial charge in [-0.05, 0) is 24.7 Å². The van der Waals surface area contributed by atoms with Crippen LogP contribution in [0, 0.1) is 6.92 Å². The average molecular weight is 260 g/mol. The summed E-state index contributed by atoms with van der Waals surface area (Å²) in [5, 5.41) is 0. The molecule has 0 aromatic heterocycles. The van der Waals surface area contributed by atoms with Crippen LogP contribution in [0.5, 0.6) is 0 Å². The number of thioether (sulfide) groups is 1. The lowest BCUT2D eigenvalue weighted by molar-refractivity contribution is 0.482. The van der Waals surface area contributed by atoms with Gasteiger partial charge in [-0.25, -0.2) is 0 Å². The Morgan fingerprint density at radius 3 is 2.44 bits per heavy atom. The van der Waals surface area contributed by atoms with E-state index in [0.717, 1.165) is 11.5 Å². The molecule has 0 spiro atoms. The fourth-order valence-electron chi connectivity index (χ4n) is 1.22. The second kappa shape index (κ2) is 6.27. The summed E-state index contributed by atoms with van der Waals surface area (Å²) < 4.78 is 29.4. The van der Waals surface area contributed by atoms with Gasteiger partial charge in [-0.3, -0.25) is 4.55 Å². The van der Waals surface area contributed by atoms with Gasteiger partial charge < -0.3 is 0 Å². The van der Waals surface area contributed by atoms with E-state index < -0.39 is 10.1 Å². The highest BCUT2D eigenvalue weighted by atomic mass is 32.2. The molecule has 0 radical (unpaired) electrons. The number of hydrogen-bond donors (Lipinski definition) is 1. The highest BCUT2D eigenvalue weighted by Gasteiger charge is 2.03. The first-order valence-corrected chi connectivity index (χ1v) is 7.82. The number of benzene rings is 1. The van der Waals surface area contributed by atoms with E-state index in [4.69, 9.17) is 4.55 Å². The SMILES string of the molecule is Cc1ccc(CSCCCS(=O)(=O)O)cc1. The first-order chi connectivity index (χ1) is 7.47. The standard InChI is InChI=1S/C11H16O3S2/c1-10-3-5-11(6-4-10)9-15-7-2-8-16(12,13)14/h3-6H,2,7-9H2,1H3,(H,12,13,14). The van der Waals surface area contributed by atoms with E-state index in [0.29, 0.717) is 6.42 Å². The molecule has 1 aromatic carbocycles. The molecule has 1 rings (SSSR count). The molecular weight excluding hydrogens is 244 g/mol. The van der Waals surface area contributed by atoms with E-state index in [1.807, 2.05) is 6.92 Å². The molecule has 5 heteroatoms. The van der Waals surface area contributed by atoms with Crippen LogP contribution in [0.2, 0.25) is 0 Å². The van der Waals surface area contributed by atoms with Crippen LogP contribution in [0.4, 0.5) is 0 Å². The molecule has 0 aliphatic rings. The Morgan fingerprint density at radius 2 is 1.88 bits per heavy atom. The Balaban J connectivity index is 2.19. The fourth-order valence-corrected chi connectivity index (χ4v) is 2.83. The third-order valence-corrected chi connectivity index (χ3v) is 4.00. The minimum Gasteiger partial charge on any atom is -0.286 e. The Bertz CT molecular complexity index is 409. The lowest BCUT2D eigenvalue weighted by atomic mass is 10.2. The van der Waals surface area contributed by atoms with E-state index in [9.17, 15) is 8.42 Å². The molecule has 0 aliphatic carbocycles. The van der Waals surface area contributed by atoms with Gasteiger partial charge in [0.2, 0.25) is 0 Å².